The summed E-state index contributed by atoms with van der Waals surface area (Å²) >= 11 is 0. The molecule has 3 aromatic carbocycles. The lowest BCUT2D eigenvalue weighted by Gasteiger charge is -2.37. The minimum absolute atomic E-state index is 0.309. The maximum atomic E-state index is 14.3. The van der Waals surface area contributed by atoms with Crippen LogP contribution in [0.3, 0.4) is 0 Å². The number of aryl methyl sites for hydroxylation is 1. The summed E-state index contributed by atoms with van der Waals surface area (Å²) in [5.74, 6) is -0.463. The zero-order valence-corrected chi connectivity index (χ0v) is 34.3. The number of nitrogens with zero attached hydrogens (tertiary/aromatic N) is 1. The molecule has 7 heteroatoms. The molecule has 0 spiro atoms. The van der Waals surface area contributed by atoms with Gasteiger partial charge in [-0.3, -0.25) is 4.79 Å². The number of aromatic nitrogens is 1. The molecular weight excluding hydrogens is 697 g/mol. The van der Waals surface area contributed by atoms with Gasteiger partial charge in [0.15, 0.2) is 0 Å². The van der Waals surface area contributed by atoms with E-state index in [0.717, 1.165) is 90.3 Å². The number of ether oxygens (including phenoxy) is 2. The van der Waals surface area contributed by atoms with Gasteiger partial charge in [-0.05, 0) is 153 Å². The number of anilines is 1. The average Bonchev–Trinajstić information content (AvgIpc) is 3.14. The summed E-state index contributed by atoms with van der Waals surface area (Å²) < 4.78 is 14.7. The van der Waals surface area contributed by atoms with E-state index in [2.05, 4.69) is 52.8 Å². The largest absolute Gasteiger partial charge is 0.487 e. The van der Waals surface area contributed by atoms with Gasteiger partial charge < -0.3 is 20.3 Å². The average molecular weight is 756 g/mol. The van der Waals surface area contributed by atoms with E-state index >= 15 is 0 Å². The molecule has 7 nitrogen and oxygen atoms in total. The predicted octanol–water partition coefficient (Wildman–Crippen LogP) is 11.4. The first-order valence-corrected chi connectivity index (χ1v) is 19.9. The van der Waals surface area contributed by atoms with Crippen molar-refractivity contribution in [2.24, 2.45) is 0 Å². The highest BCUT2D eigenvalue weighted by Gasteiger charge is 2.38. The smallest absolute Gasteiger partial charge is 0.381 e. The Morgan fingerprint density at radius 3 is 2.29 bits per heavy atom. The summed E-state index contributed by atoms with van der Waals surface area (Å²) in [6, 6.07) is 19.8. The Kier molecular flexibility index (Phi) is 14.1. The van der Waals surface area contributed by atoms with Gasteiger partial charge in [-0.15, -0.1) is 0 Å². The van der Waals surface area contributed by atoms with Gasteiger partial charge in [-0.1, -0.05) is 59.2 Å². The van der Waals surface area contributed by atoms with E-state index in [1.165, 1.54) is 16.7 Å². The number of para-hydroxylation sites is 1. The number of carbonyl (C=O) groups excluding carboxylic acids is 1. The van der Waals surface area contributed by atoms with Gasteiger partial charge in [0.2, 0.25) is 11.2 Å². The summed E-state index contributed by atoms with van der Waals surface area (Å²) in [6.45, 7) is 14.8. The molecule has 0 radical (unpaired) electrons. The van der Waals surface area contributed by atoms with Gasteiger partial charge in [0, 0.05) is 34.8 Å². The normalized spacial score (nSPS) is 16.3. The standard InChI is InChI=1S/C49H58N2O5/c1-33(2)13-10-14-34(3)15-11-16-35(4)17-12-29-49(7)30-28-42-37(6)47(36(5)31-45(42)56-49)55-48(54)44(32-46(52)53)51-41(26-22-38-20-24-40(50)25-21-38)27-23-39-18-8-9-19-43(39)51/h8-9,13,15,17-27,31,44,50H,10-12,14,16,28-30,32H2,1-7H3,(H,52,53)/p+1/b34-15+,35-17+. The van der Waals surface area contributed by atoms with Crippen LogP contribution >= 0.6 is 0 Å². The molecule has 294 valence electrons. The molecule has 3 N–H and O–H groups in total. The maximum Gasteiger partial charge on any atom is 0.381 e. The van der Waals surface area contributed by atoms with Gasteiger partial charge in [-0.25, -0.2) is 4.79 Å². The minimum Gasteiger partial charge on any atom is -0.487 e. The lowest BCUT2D eigenvalue weighted by molar-refractivity contribution is -0.686. The van der Waals surface area contributed by atoms with Crippen molar-refractivity contribution in [2.45, 2.75) is 118 Å². The first-order chi connectivity index (χ1) is 26.7. The van der Waals surface area contributed by atoms with Gasteiger partial charge in [-0.2, -0.15) is 4.57 Å². The van der Waals surface area contributed by atoms with E-state index < -0.39 is 24.4 Å². The van der Waals surface area contributed by atoms with Crippen LogP contribution in [0.1, 0.15) is 120 Å². The molecule has 0 aliphatic carbocycles. The van der Waals surface area contributed by atoms with Crippen molar-refractivity contribution in [1.82, 2.24) is 0 Å². The highest BCUT2D eigenvalue weighted by atomic mass is 16.5. The van der Waals surface area contributed by atoms with E-state index in [1.807, 2.05) is 92.7 Å². The fourth-order valence-electron chi connectivity index (χ4n) is 7.50. The SMILES string of the molecule is CC(C)=CCC/C(C)=C/CC/C(C)=C/CCC1(C)CCc2c(cc(C)c(OC(=O)C(CC(=O)O)[n+]3c(/C=C/c4ccc(N)cc4)ccc4ccccc43)c2C)O1. The summed E-state index contributed by atoms with van der Waals surface area (Å²) in [7, 11) is 0. The zero-order chi connectivity index (χ0) is 40.4. The Morgan fingerprint density at radius 1 is 0.911 bits per heavy atom. The van der Waals surface area contributed by atoms with E-state index in [9.17, 15) is 14.7 Å². The van der Waals surface area contributed by atoms with Crippen molar-refractivity contribution in [2.75, 3.05) is 5.73 Å². The summed E-state index contributed by atoms with van der Waals surface area (Å²) in [5.41, 5.74) is 15.4. The number of pyridine rings is 1. The van der Waals surface area contributed by atoms with Crippen molar-refractivity contribution in [1.29, 1.82) is 0 Å². The maximum absolute atomic E-state index is 14.3. The highest BCUT2D eigenvalue weighted by molar-refractivity contribution is 5.83. The zero-order valence-electron chi connectivity index (χ0n) is 34.3. The molecule has 1 aliphatic heterocycles. The second kappa shape index (κ2) is 18.9. The molecule has 2 unspecified atom stereocenters. The Morgan fingerprint density at radius 2 is 1.59 bits per heavy atom. The van der Waals surface area contributed by atoms with Gasteiger partial charge in [0.1, 0.15) is 23.5 Å². The van der Waals surface area contributed by atoms with Crippen LogP contribution in [0.15, 0.2) is 102 Å². The Balaban J connectivity index is 1.32. The van der Waals surface area contributed by atoms with Crippen molar-refractivity contribution < 1.29 is 28.7 Å². The second-order valence-corrected chi connectivity index (χ2v) is 15.9. The number of benzene rings is 3. The molecular formula is C49H59N2O5+. The van der Waals surface area contributed by atoms with Crippen LogP contribution in [0.4, 0.5) is 5.69 Å². The summed E-state index contributed by atoms with van der Waals surface area (Å²) in [4.78, 5) is 26.6. The fraction of sp³-hybridized carbons (Fsp3) is 0.367. The number of nitrogen functional groups attached to an aromatic ring is 1. The molecule has 5 rings (SSSR count). The molecule has 0 bridgehead atoms. The number of aliphatic carboxylic acids is 1. The topological polar surface area (TPSA) is 103 Å². The number of hydrogen-bond donors (Lipinski definition) is 2. The first-order valence-electron chi connectivity index (χ1n) is 19.9. The molecule has 4 aromatic rings. The molecule has 0 amide bonds. The van der Waals surface area contributed by atoms with Crippen molar-refractivity contribution in [3.05, 3.63) is 130 Å². The number of nitrogens with two attached hydrogens (primary N) is 1. The minimum atomic E-state index is -1.14. The van der Waals surface area contributed by atoms with Gasteiger partial charge in [0.05, 0.1) is 0 Å². The highest BCUT2D eigenvalue weighted by Crippen LogP contribution is 2.42. The molecule has 0 fully saturated rings. The summed E-state index contributed by atoms with van der Waals surface area (Å²) in [6.07, 6.45) is 18.2. The number of rotatable bonds is 16. The lowest BCUT2D eigenvalue weighted by Crippen LogP contribution is -2.49. The molecule has 1 aromatic heterocycles. The van der Waals surface area contributed by atoms with Crippen LogP contribution in [0, 0.1) is 13.8 Å². The quantitative estimate of drug-likeness (QED) is 0.0388. The van der Waals surface area contributed by atoms with Crippen LogP contribution < -0.4 is 19.8 Å². The molecule has 0 saturated heterocycles. The van der Waals surface area contributed by atoms with Crippen LogP contribution in [0.2, 0.25) is 0 Å². The fourth-order valence-corrected chi connectivity index (χ4v) is 7.50. The van der Waals surface area contributed by atoms with E-state index in [-0.39, 0.29) is 5.60 Å². The van der Waals surface area contributed by atoms with Gasteiger partial charge >= 0.3 is 11.9 Å². The Hall–Kier alpha value is -5.43. The number of fused-ring (bicyclic) bond motifs is 2. The number of allylic oxidation sites excluding steroid dienone is 6. The predicted molar refractivity (Wildman–Crippen MR) is 229 cm³/mol. The van der Waals surface area contributed by atoms with Crippen molar-refractivity contribution in [3.63, 3.8) is 0 Å². The Bertz CT molecular complexity index is 2170. The van der Waals surface area contributed by atoms with E-state index in [1.54, 1.807) is 4.57 Å². The third-order valence-corrected chi connectivity index (χ3v) is 10.8. The molecule has 0 saturated carbocycles. The van der Waals surface area contributed by atoms with Crippen molar-refractivity contribution >= 4 is 40.7 Å². The number of hydrogen-bond acceptors (Lipinski definition) is 5. The number of carbonyl (C=O) groups is 2. The molecule has 1 aliphatic rings. The number of esters is 1. The number of carboxylic acid groups (broad SMARTS) is 1. The molecule has 2 atom stereocenters. The first kappa shape index (κ1) is 41.7. The van der Waals surface area contributed by atoms with E-state index in [0.29, 0.717) is 17.1 Å². The van der Waals surface area contributed by atoms with Crippen LogP contribution in [-0.4, -0.2) is 22.6 Å². The van der Waals surface area contributed by atoms with Crippen LogP contribution in [0.5, 0.6) is 11.5 Å². The molecule has 2 heterocycles. The lowest BCUT2D eigenvalue weighted by atomic mass is 9.86. The monoisotopic (exact) mass is 755 g/mol. The molecule has 56 heavy (non-hydrogen) atoms. The number of carboxylic acids is 1. The second-order valence-electron chi connectivity index (χ2n) is 15.9. The van der Waals surface area contributed by atoms with Crippen LogP contribution in [0.25, 0.3) is 23.1 Å². The Labute approximate surface area is 333 Å². The van der Waals surface area contributed by atoms with E-state index in [4.69, 9.17) is 15.2 Å². The summed E-state index contributed by atoms with van der Waals surface area (Å²) in [5, 5.41) is 11.0. The third kappa shape index (κ3) is 11.1. The third-order valence-electron chi connectivity index (χ3n) is 10.8. The van der Waals surface area contributed by atoms with Gasteiger partial charge in [0.25, 0.3) is 6.04 Å². The van der Waals surface area contributed by atoms with Crippen molar-refractivity contribution in [3.8, 4) is 11.5 Å². The van der Waals surface area contributed by atoms with Crippen LogP contribution in [-0.2, 0) is 16.0 Å².